The minimum absolute atomic E-state index is 0.811. The van der Waals surface area contributed by atoms with Crippen LogP contribution in [0.3, 0.4) is 0 Å². The van der Waals surface area contributed by atoms with E-state index in [2.05, 4.69) is 24.2 Å². The lowest BCUT2D eigenvalue weighted by Crippen LogP contribution is -2.39. The van der Waals surface area contributed by atoms with Crippen molar-refractivity contribution in [1.82, 2.24) is 10.2 Å². The highest BCUT2D eigenvalue weighted by molar-refractivity contribution is 4.83. The minimum atomic E-state index is 0.811. The van der Waals surface area contributed by atoms with Crippen molar-refractivity contribution in [3.05, 3.63) is 0 Å². The third-order valence-corrected chi connectivity index (χ3v) is 4.43. The van der Waals surface area contributed by atoms with Crippen molar-refractivity contribution in [2.24, 2.45) is 5.92 Å². The fourth-order valence-electron chi connectivity index (χ4n) is 2.99. The van der Waals surface area contributed by atoms with Crippen LogP contribution in [0.4, 0.5) is 0 Å². The van der Waals surface area contributed by atoms with Gasteiger partial charge in [-0.1, -0.05) is 26.2 Å². The van der Waals surface area contributed by atoms with Gasteiger partial charge in [0.05, 0.1) is 0 Å². The number of likely N-dealkylation sites (N-methyl/N-ethyl adjacent to an activating group) is 1. The monoisotopic (exact) mass is 224 g/mol. The zero-order valence-electron chi connectivity index (χ0n) is 11.0. The molecule has 0 aliphatic heterocycles. The van der Waals surface area contributed by atoms with Crippen molar-refractivity contribution < 1.29 is 0 Å². The molecule has 2 aliphatic carbocycles. The standard InChI is InChI=1S/C14H28N2/c1-3-12-5-4-6-13(11-12)15-9-10-16(2)14-7-8-14/h12-15H,3-11H2,1-2H3. The smallest absolute Gasteiger partial charge is 0.0107 e. The number of nitrogens with zero attached hydrogens (tertiary/aromatic N) is 1. The van der Waals surface area contributed by atoms with Crippen LogP contribution >= 0.6 is 0 Å². The zero-order chi connectivity index (χ0) is 11.4. The normalized spacial score (nSPS) is 30.9. The fraction of sp³-hybridized carbons (Fsp3) is 1.00. The molecule has 0 bridgehead atoms. The zero-order valence-corrected chi connectivity index (χ0v) is 11.0. The van der Waals surface area contributed by atoms with Gasteiger partial charge in [0.15, 0.2) is 0 Å². The molecule has 1 N–H and O–H groups in total. The predicted octanol–water partition coefficient (Wildman–Crippen LogP) is 2.64. The lowest BCUT2D eigenvalue weighted by atomic mass is 9.84. The Balaban J connectivity index is 1.57. The van der Waals surface area contributed by atoms with Gasteiger partial charge in [0, 0.05) is 25.2 Å². The van der Waals surface area contributed by atoms with Crippen LogP contribution in [0.15, 0.2) is 0 Å². The minimum Gasteiger partial charge on any atom is -0.313 e. The Labute approximate surface area is 101 Å². The summed E-state index contributed by atoms with van der Waals surface area (Å²) < 4.78 is 0. The molecule has 0 radical (unpaired) electrons. The van der Waals surface area contributed by atoms with Gasteiger partial charge in [-0.2, -0.15) is 0 Å². The van der Waals surface area contributed by atoms with Gasteiger partial charge in [0.25, 0.3) is 0 Å². The molecule has 2 nitrogen and oxygen atoms in total. The largest absolute Gasteiger partial charge is 0.313 e. The van der Waals surface area contributed by atoms with Crippen LogP contribution in [0.25, 0.3) is 0 Å². The molecule has 0 aromatic rings. The second kappa shape index (κ2) is 6.02. The third kappa shape index (κ3) is 3.74. The summed E-state index contributed by atoms with van der Waals surface area (Å²) in [6, 6.07) is 1.72. The fourth-order valence-corrected chi connectivity index (χ4v) is 2.99. The predicted molar refractivity (Wildman–Crippen MR) is 69.7 cm³/mol. The van der Waals surface area contributed by atoms with E-state index in [1.165, 1.54) is 58.0 Å². The first-order valence-electron chi connectivity index (χ1n) is 7.23. The van der Waals surface area contributed by atoms with E-state index in [-0.39, 0.29) is 0 Å². The Bertz CT molecular complexity index is 201. The van der Waals surface area contributed by atoms with Crippen molar-refractivity contribution >= 4 is 0 Å². The Morgan fingerprint density at radius 2 is 2.00 bits per heavy atom. The highest BCUT2D eigenvalue weighted by Crippen LogP contribution is 2.27. The highest BCUT2D eigenvalue weighted by atomic mass is 15.2. The van der Waals surface area contributed by atoms with Crippen molar-refractivity contribution in [2.45, 2.75) is 64.0 Å². The summed E-state index contributed by atoms with van der Waals surface area (Å²) in [6.45, 7) is 4.76. The summed E-state index contributed by atoms with van der Waals surface area (Å²) in [5.74, 6) is 0.993. The van der Waals surface area contributed by atoms with Crippen molar-refractivity contribution in [1.29, 1.82) is 0 Å². The van der Waals surface area contributed by atoms with E-state index in [1.54, 1.807) is 0 Å². The van der Waals surface area contributed by atoms with E-state index in [4.69, 9.17) is 0 Å². The van der Waals surface area contributed by atoms with Crippen LogP contribution in [0.1, 0.15) is 51.9 Å². The molecule has 2 unspecified atom stereocenters. The molecule has 2 saturated carbocycles. The van der Waals surface area contributed by atoms with Gasteiger partial charge in [0.1, 0.15) is 0 Å². The van der Waals surface area contributed by atoms with E-state index in [1.807, 2.05) is 0 Å². The van der Waals surface area contributed by atoms with Crippen LogP contribution in [0, 0.1) is 5.92 Å². The molecule has 2 aliphatic rings. The highest BCUT2D eigenvalue weighted by Gasteiger charge is 2.26. The van der Waals surface area contributed by atoms with Crippen molar-refractivity contribution in [3.8, 4) is 0 Å². The summed E-state index contributed by atoms with van der Waals surface area (Å²) in [4.78, 5) is 2.52. The van der Waals surface area contributed by atoms with Crippen LogP contribution in [0.5, 0.6) is 0 Å². The SMILES string of the molecule is CCC1CCCC(NCCN(C)C2CC2)C1. The maximum absolute atomic E-state index is 3.76. The van der Waals surface area contributed by atoms with Gasteiger partial charge in [-0.25, -0.2) is 0 Å². The summed E-state index contributed by atoms with van der Waals surface area (Å²) in [5.41, 5.74) is 0. The topological polar surface area (TPSA) is 15.3 Å². The molecular weight excluding hydrogens is 196 g/mol. The first-order valence-corrected chi connectivity index (χ1v) is 7.23. The lowest BCUT2D eigenvalue weighted by Gasteiger charge is -2.29. The van der Waals surface area contributed by atoms with Crippen molar-refractivity contribution in [2.75, 3.05) is 20.1 Å². The van der Waals surface area contributed by atoms with Crippen LogP contribution in [-0.2, 0) is 0 Å². The molecule has 2 rings (SSSR count). The van der Waals surface area contributed by atoms with E-state index in [0.29, 0.717) is 0 Å². The van der Waals surface area contributed by atoms with E-state index >= 15 is 0 Å². The van der Waals surface area contributed by atoms with E-state index in [9.17, 15) is 0 Å². The Morgan fingerprint density at radius 1 is 1.19 bits per heavy atom. The second-order valence-corrected chi connectivity index (χ2v) is 5.80. The molecule has 94 valence electrons. The van der Waals surface area contributed by atoms with Gasteiger partial charge in [-0.3, -0.25) is 0 Å². The Hall–Kier alpha value is -0.0800. The van der Waals surface area contributed by atoms with Crippen LogP contribution in [-0.4, -0.2) is 37.1 Å². The first kappa shape index (κ1) is 12.4. The molecule has 0 aromatic heterocycles. The van der Waals surface area contributed by atoms with Gasteiger partial charge in [-0.05, 0) is 38.6 Å². The number of rotatable bonds is 6. The average molecular weight is 224 g/mol. The maximum atomic E-state index is 3.76. The second-order valence-electron chi connectivity index (χ2n) is 5.80. The first-order chi connectivity index (χ1) is 7.79. The summed E-state index contributed by atoms with van der Waals surface area (Å²) in [7, 11) is 2.27. The molecule has 0 spiro atoms. The van der Waals surface area contributed by atoms with Crippen molar-refractivity contribution in [3.63, 3.8) is 0 Å². The van der Waals surface area contributed by atoms with E-state index in [0.717, 1.165) is 18.0 Å². The molecular formula is C14H28N2. The molecule has 2 atom stereocenters. The third-order valence-electron chi connectivity index (χ3n) is 4.43. The molecule has 16 heavy (non-hydrogen) atoms. The molecule has 2 heteroatoms. The summed E-state index contributed by atoms with van der Waals surface area (Å²) >= 11 is 0. The Morgan fingerprint density at radius 3 is 2.69 bits per heavy atom. The van der Waals surface area contributed by atoms with Gasteiger partial charge >= 0.3 is 0 Å². The van der Waals surface area contributed by atoms with Gasteiger partial charge < -0.3 is 10.2 Å². The molecule has 0 aromatic carbocycles. The van der Waals surface area contributed by atoms with E-state index < -0.39 is 0 Å². The van der Waals surface area contributed by atoms with Crippen LogP contribution in [0.2, 0.25) is 0 Å². The molecule has 0 amide bonds. The lowest BCUT2D eigenvalue weighted by molar-refractivity contribution is 0.261. The van der Waals surface area contributed by atoms with Gasteiger partial charge in [-0.15, -0.1) is 0 Å². The molecule has 0 heterocycles. The summed E-state index contributed by atoms with van der Waals surface area (Å²) in [5, 5.41) is 3.76. The quantitative estimate of drug-likeness (QED) is 0.746. The summed E-state index contributed by atoms with van der Waals surface area (Å²) in [6.07, 6.45) is 9.97. The molecule has 0 saturated heterocycles. The van der Waals surface area contributed by atoms with Gasteiger partial charge in [0.2, 0.25) is 0 Å². The maximum Gasteiger partial charge on any atom is 0.0107 e. The number of hydrogen-bond donors (Lipinski definition) is 1. The molecule has 2 fully saturated rings. The average Bonchev–Trinajstić information content (AvgIpc) is 3.13. The number of nitrogens with one attached hydrogen (secondary N) is 1. The Kier molecular flexibility index (Phi) is 4.66. The van der Waals surface area contributed by atoms with Crippen LogP contribution < -0.4 is 5.32 Å². The number of hydrogen-bond acceptors (Lipinski definition) is 2.